The van der Waals surface area contributed by atoms with Gasteiger partial charge in [0.05, 0.1) is 5.01 Å². The highest BCUT2D eigenvalue weighted by atomic mass is 32.1. The highest BCUT2D eigenvalue weighted by Crippen LogP contribution is 2.11. The van der Waals surface area contributed by atoms with Crippen LogP contribution in [0.2, 0.25) is 0 Å². The fourth-order valence-corrected chi connectivity index (χ4v) is 2.81. The van der Waals surface area contributed by atoms with E-state index in [1.807, 2.05) is 12.3 Å². The van der Waals surface area contributed by atoms with Crippen LogP contribution in [0, 0.1) is 19.7 Å². The zero-order valence-corrected chi connectivity index (χ0v) is 13.9. The predicted octanol–water partition coefficient (Wildman–Crippen LogP) is 2.81. The molecule has 1 heterocycles. The first-order valence-electron chi connectivity index (χ1n) is 7.19. The Hall–Kier alpha value is -1.95. The Kier molecular flexibility index (Phi) is 5.89. The normalized spacial score (nSPS) is 11.5. The van der Waals surface area contributed by atoms with Gasteiger partial charge in [0.15, 0.2) is 5.96 Å². The van der Waals surface area contributed by atoms with Crippen LogP contribution in [0.5, 0.6) is 0 Å². The van der Waals surface area contributed by atoms with Gasteiger partial charge in [0.1, 0.15) is 5.82 Å². The van der Waals surface area contributed by atoms with Crippen molar-refractivity contribution >= 4 is 17.3 Å². The number of aryl methyl sites for hydroxylation is 2. The van der Waals surface area contributed by atoms with E-state index in [9.17, 15) is 4.39 Å². The van der Waals surface area contributed by atoms with Crippen molar-refractivity contribution in [2.45, 2.75) is 26.8 Å². The first-order valence-corrected chi connectivity index (χ1v) is 8.01. The Morgan fingerprint density at radius 2 is 2.14 bits per heavy atom. The summed E-state index contributed by atoms with van der Waals surface area (Å²) in [6, 6.07) is 5.11. The van der Waals surface area contributed by atoms with Gasteiger partial charge in [-0.05, 0) is 31.0 Å². The number of nitrogens with one attached hydrogen (secondary N) is 2. The van der Waals surface area contributed by atoms with Gasteiger partial charge < -0.3 is 10.6 Å². The molecule has 118 valence electrons. The maximum Gasteiger partial charge on any atom is 0.191 e. The molecule has 6 heteroatoms. The average Bonchev–Trinajstić information content (AvgIpc) is 2.91. The minimum atomic E-state index is -0.176. The maximum absolute atomic E-state index is 13.2. The third-order valence-electron chi connectivity index (χ3n) is 3.21. The van der Waals surface area contributed by atoms with Crippen molar-refractivity contribution in [3.05, 3.63) is 51.2 Å². The molecule has 0 saturated heterocycles. The van der Waals surface area contributed by atoms with E-state index in [1.54, 1.807) is 31.4 Å². The molecule has 0 fully saturated rings. The van der Waals surface area contributed by atoms with Crippen LogP contribution in [0.4, 0.5) is 4.39 Å². The third kappa shape index (κ3) is 4.80. The molecule has 0 aliphatic carbocycles. The fourth-order valence-electron chi connectivity index (χ4n) is 2.03. The van der Waals surface area contributed by atoms with E-state index < -0.39 is 0 Å². The number of halogens is 1. The molecule has 0 atom stereocenters. The molecule has 2 aromatic rings. The molecular formula is C16H21FN4S. The summed E-state index contributed by atoms with van der Waals surface area (Å²) >= 11 is 1.71. The molecule has 0 saturated carbocycles. The second kappa shape index (κ2) is 7.89. The molecule has 0 aliphatic rings. The number of rotatable bonds is 5. The van der Waals surface area contributed by atoms with Crippen LogP contribution in [-0.4, -0.2) is 24.5 Å². The zero-order valence-electron chi connectivity index (χ0n) is 13.1. The van der Waals surface area contributed by atoms with Gasteiger partial charge in [-0.25, -0.2) is 9.37 Å². The van der Waals surface area contributed by atoms with Crippen molar-refractivity contribution < 1.29 is 4.39 Å². The Labute approximate surface area is 134 Å². The van der Waals surface area contributed by atoms with Crippen LogP contribution in [0.15, 0.2) is 29.4 Å². The van der Waals surface area contributed by atoms with Crippen LogP contribution in [0.1, 0.15) is 21.0 Å². The molecule has 2 rings (SSSR count). The second-order valence-corrected chi connectivity index (χ2v) is 6.37. The lowest BCUT2D eigenvalue weighted by Crippen LogP contribution is -2.37. The summed E-state index contributed by atoms with van der Waals surface area (Å²) in [7, 11) is 1.73. The lowest BCUT2D eigenvalue weighted by molar-refractivity contribution is 0.617. The Morgan fingerprint density at radius 3 is 2.77 bits per heavy atom. The van der Waals surface area contributed by atoms with Gasteiger partial charge in [-0.3, -0.25) is 4.99 Å². The van der Waals surface area contributed by atoms with Crippen LogP contribution in [0.3, 0.4) is 0 Å². The van der Waals surface area contributed by atoms with Gasteiger partial charge in [0.25, 0.3) is 0 Å². The zero-order chi connectivity index (χ0) is 15.9. The van der Waals surface area contributed by atoms with Gasteiger partial charge in [-0.2, -0.15) is 0 Å². The number of aliphatic imine (C=N–C) groups is 1. The third-order valence-corrected chi connectivity index (χ3v) is 4.18. The number of thiazole rings is 1. The molecule has 22 heavy (non-hydrogen) atoms. The molecule has 2 N–H and O–H groups in total. The van der Waals surface area contributed by atoms with E-state index in [1.165, 1.54) is 10.9 Å². The van der Waals surface area contributed by atoms with E-state index in [4.69, 9.17) is 0 Å². The van der Waals surface area contributed by atoms with Gasteiger partial charge >= 0.3 is 0 Å². The number of nitrogens with zero attached hydrogens (tertiary/aromatic N) is 2. The van der Waals surface area contributed by atoms with E-state index in [0.29, 0.717) is 12.1 Å². The minimum Gasteiger partial charge on any atom is -0.356 e. The van der Waals surface area contributed by atoms with Crippen LogP contribution < -0.4 is 10.6 Å². The summed E-state index contributed by atoms with van der Waals surface area (Å²) < 4.78 is 13.2. The predicted molar refractivity (Wildman–Crippen MR) is 89.9 cm³/mol. The molecule has 4 nitrogen and oxygen atoms in total. The fraction of sp³-hybridized carbons (Fsp3) is 0.375. The lowest BCUT2D eigenvalue weighted by atomic mass is 10.1. The van der Waals surface area contributed by atoms with Gasteiger partial charge in [0.2, 0.25) is 0 Å². The van der Waals surface area contributed by atoms with Crippen molar-refractivity contribution in [1.29, 1.82) is 0 Å². The molecule has 1 aromatic carbocycles. The SMILES string of the molecule is CN=C(NCCc1ncc(C)s1)NCc1ccc(F)c(C)c1. The largest absolute Gasteiger partial charge is 0.356 e. The highest BCUT2D eigenvalue weighted by Gasteiger charge is 2.02. The van der Waals surface area contributed by atoms with E-state index >= 15 is 0 Å². The average molecular weight is 320 g/mol. The van der Waals surface area contributed by atoms with Crippen molar-refractivity contribution in [2.75, 3.05) is 13.6 Å². The van der Waals surface area contributed by atoms with Crippen molar-refractivity contribution in [2.24, 2.45) is 4.99 Å². The van der Waals surface area contributed by atoms with E-state index in [2.05, 4.69) is 27.5 Å². The molecule has 0 spiro atoms. The monoisotopic (exact) mass is 320 g/mol. The molecule has 0 unspecified atom stereocenters. The summed E-state index contributed by atoms with van der Waals surface area (Å²) in [5.41, 5.74) is 1.68. The molecule has 0 amide bonds. The quantitative estimate of drug-likeness (QED) is 0.658. The van der Waals surface area contributed by atoms with E-state index in [0.717, 1.165) is 29.5 Å². The van der Waals surface area contributed by atoms with Crippen LogP contribution in [0.25, 0.3) is 0 Å². The van der Waals surface area contributed by atoms with Crippen molar-refractivity contribution in [3.63, 3.8) is 0 Å². The van der Waals surface area contributed by atoms with Gasteiger partial charge in [-0.1, -0.05) is 12.1 Å². The topological polar surface area (TPSA) is 49.3 Å². The standard InChI is InChI=1S/C16H21FN4S/c1-11-8-13(4-5-14(11)17)10-21-16(18-3)19-7-6-15-20-9-12(2)22-15/h4-5,8-9H,6-7,10H2,1-3H3,(H2,18,19,21). The second-order valence-electron chi connectivity index (χ2n) is 5.05. The number of hydrogen-bond acceptors (Lipinski definition) is 3. The summed E-state index contributed by atoms with van der Waals surface area (Å²) in [5, 5.41) is 7.60. The molecular weight excluding hydrogens is 299 g/mol. The summed E-state index contributed by atoms with van der Waals surface area (Å²) in [6.07, 6.45) is 2.76. The van der Waals surface area contributed by atoms with Crippen molar-refractivity contribution in [3.8, 4) is 0 Å². The Bertz CT molecular complexity index is 651. The smallest absolute Gasteiger partial charge is 0.191 e. The number of hydrogen-bond donors (Lipinski definition) is 2. The minimum absolute atomic E-state index is 0.176. The summed E-state index contributed by atoms with van der Waals surface area (Å²) in [5.74, 6) is 0.556. The van der Waals surface area contributed by atoms with Crippen molar-refractivity contribution in [1.82, 2.24) is 15.6 Å². The Morgan fingerprint density at radius 1 is 1.32 bits per heavy atom. The lowest BCUT2D eigenvalue weighted by Gasteiger charge is -2.12. The summed E-state index contributed by atoms with van der Waals surface area (Å²) in [6.45, 7) is 5.20. The first kappa shape index (κ1) is 16.4. The number of guanidine groups is 1. The van der Waals surface area contributed by atoms with Crippen LogP contribution >= 0.6 is 11.3 Å². The molecule has 1 aromatic heterocycles. The van der Waals surface area contributed by atoms with Gasteiger partial charge in [-0.15, -0.1) is 11.3 Å². The number of benzene rings is 1. The summed E-state index contributed by atoms with van der Waals surface area (Å²) in [4.78, 5) is 9.74. The van der Waals surface area contributed by atoms with E-state index in [-0.39, 0.29) is 5.82 Å². The molecule has 0 aliphatic heterocycles. The molecule has 0 radical (unpaired) electrons. The number of aromatic nitrogens is 1. The molecule has 0 bridgehead atoms. The van der Waals surface area contributed by atoms with Crippen LogP contribution in [-0.2, 0) is 13.0 Å². The highest BCUT2D eigenvalue weighted by molar-refractivity contribution is 7.11. The Balaban J connectivity index is 1.78. The first-order chi connectivity index (χ1) is 10.6. The van der Waals surface area contributed by atoms with Gasteiger partial charge in [0, 0.05) is 37.6 Å². The maximum atomic E-state index is 13.2.